The number of nitrogens with zero attached hydrogens (tertiary/aromatic N) is 1. The van der Waals surface area contributed by atoms with Gasteiger partial charge in [-0.3, -0.25) is 4.90 Å². The summed E-state index contributed by atoms with van der Waals surface area (Å²) in [4.78, 5) is 5.68. The Hall–Kier alpha value is -1.72. The molecule has 1 heterocycles. The van der Waals surface area contributed by atoms with Crippen LogP contribution in [0.25, 0.3) is 10.9 Å². The predicted octanol–water partition coefficient (Wildman–Crippen LogP) is 3.19. The normalized spacial score (nSPS) is 11.0. The van der Waals surface area contributed by atoms with E-state index in [-0.39, 0.29) is 0 Å². The Morgan fingerprint density at radius 2 is 2.11 bits per heavy atom. The number of H-pyrrole nitrogens is 1. The molecule has 18 heavy (non-hydrogen) atoms. The second kappa shape index (κ2) is 5.75. The number of rotatable bonds is 5. The second-order valence-electron chi connectivity index (χ2n) is 4.75. The van der Waals surface area contributed by atoms with Crippen molar-refractivity contribution in [1.29, 1.82) is 0 Å². The van der Waals surface area contributed by atoms with Crippen LogP contribution in [0.5, 0.6) is 0 Å². The summed E-state index contributed by atoms with van der Waals surface area (Å²) in [5.74, 6) is 2.68. The Balaban J connectivity index is 2.36. The van der Waals surface area contributed by atoms with E-state index >= 15 is 0 Å². The Kier molecular flexibility index (Phi) is 4.07. The summed E-state index contributed by atoms with van der Waals surface area (Å²) in [5, 5.41) is 1.35. The van der Waals surface area contributed by atoms with Crippen molar-refractivity contribution in [2.24, 2.45) is 0 Å². The molecule has 0 aliphatic heterocycles. The first-order valence-corrected chi connectivity index (χ1v) is 6.46. The maximum atomic E-state index is 5.35. The minimum atomic E-state index is 0.681. The fourth-order valence-corrected chi connectivity index (χ4v) is 2.41. The monoisotopic (exact) mass is 240 g/mol. The zero-order valence-electron chi connectivity index (χ0n) is 11.2. The molecule has 0 radical (unpaired) electrons. The van der Waals surface area contributed by atoms with Gasteiger partial charge in [-0.05, 0) is 25.1 Å². The molecule has 0 atom stereocenters. The summed E-state index contributed by atoms with van der Waals surface area (Å²) in [6.07, 6.45) is 7.63. The molecule has 2 nitrogen and oxygen atoms in total. The Morgan fingerprint density at radius 3 is 2.83 bits per heavy atom. The molecule has 2 heteroatoms. The Bertz CT molecular complexity index is 560. The third kappa shape index (κ3) is 2.57. The summed E-state index contributed by atoms with van der Waals surface area (Å²) >= 11 is 0. The first-order chi connectivity index (χ1) is 8.76. The van der Waals surface area contributed by atoms with E-state index in [4.69, 9.17) is 6.42 Å². The minimum Gasteiger partial charge on any atom is -0.357 e. The van der Waals surface area contributed by atoms with Crippen LogP contribution < -0.4 is 0 Å². The summed E-state index contributed by atoms with van der Waals surface area (Å²) in [6.45, 7) is 3.78. The van der Waals surface area contributed by atoms with Gasteiger partial charge in [-0.1, -0.05) is 37.5 Å². The van der Waals surface area contributed by atoms with E-state index in [1.54, 1.807) is 0 Å². The molecule has 2 rings (SSSR count). The van der Waals surface area contributed by atoms with Crippen molar-refractivity contribution < 1.29 is 0 Å². The number of nitrogens with one attached hydrogen (secondary N) is 1. The molecule has 2 aromatic rings. The van der Waals surface area contributed by atoms with E-state index in [1.165, 1.54) is 22.2 Å². The van der Waals surface area contributed by atoms with E-state index in [2.05, 4.69) is 54.0 Å². The largest absolute Gasteiger partial charge is 0.357 e. The van der Waals surface area contributed by atoms with Crippen LogP contribution in [0, 0.1) is 12.3 Å². The van der Waals surface area contributed by atoms with E-state index in [9.17, 15) is 0 Å². The van der Waals surface area contributed by atoms with Crippen LogP contribution >= 0.6 is 0 Å². The molecule has 0 fully saturated rings. The van der Waals surface area contributed by atoms with Gasteiger partial charge in [0.1, 0.15) is 0 Å². The molecular formula is C16H20N2. The number of benzene rings is 1. The Labute approximate surface area is 109 Å². The fourth-order valence-electron chi connectivity index (χ4n) is 2.41. The number of aromatic amines is 1. The van der Waals surface area contributed by atoms with Gasteiger partial charge in [0.2, 0.25) is 0 Å². The number of hydrogen-bond donors (Lipinski definition) is 1. The number of fused-ring (bicyclic) bond motifs is 1. The zero-order valence-corrected chi connectivity index (χ0v) is 11.2. The van der Waals surface area contributed by atoms with Gasteiger partial charge in [0.15, 0.2) is 0 Å². The van der Waals surface area contributed by atoms with Crippen molar-refractivity contribution in [3.63, 3.8) is 0 Å². The molecule has 0 aliphatic rings. The number of aromatic nitrogens is 1. The molecule has 1 N–H and O–H groups in total. The van der Waals surface area contributed by atoms with Crippen LogP contribution in [-0.2, 0) is 13.0 Å². The van der Waals surface area contributed by atoms with Gasteiger partial charge in [0.05, 0.1) is 6.54 Å². The van der Waals surface area contributed by atoms with Gasteiger partial charge in [-0.2, -0.15) is 0 Å². The smallest absolute Gasteiger partial charge is 0.0599 e. The van der Waals surface area contributed by atoms with Crippen molar-refractivity contribution in [3.8, 4) is 12.3 Å². The molecule has 0 spiro atoms. The molecule has 1 aromatic heterocycles. The molecule has 0 bridgehead atoms. The first-order valence-electron chi connectivity index (χ1n) is 6.46. The topological polar surface area (TPSA) is 19.0 Å². The average Bonchev–Trinajstić information content (AvgIpc) is 2.68. The highest BCUT2D eigenvalue weighted by Gasteiger charge is 2.11. The van der Waals surface area contributed by atoms with Gasteiger partial charge in [-0.15, -0.1) is 6.42 Å². The van der Waals surface area contributed by atoms with Crippen LogP contribution in [-0.4, -0.2) is 23.5 Å². The fraction of sp³-hybridized carbons (Fsp3) is 0.375. The summed E-state index contributed by atoms with van der Waals surface area (Å²) < 4.78 is 0. The predicted molar refractivity (Wildman–Crippen MR) is 77.5 cm³/mol. The van der Waals surface area contributed by atoms with E-state index < -0.39 is 0 Å². The van der Waals surface area contributed by atoms with Crippen LogP contribution in [0.4, 0.5) is 0 Å². The molecule has 0 amide bonds. The lowest BCUT2D eigenvalue weighted by Crippen LogP contribution is -2.18. The van der Waals surface area contributed by atoms with Crippen LogP contribution in [0.1, 0.15) is 24.6 Å². The van der Waals surface area contributed by atoms with Crippen LogP contribution in [0.15, 0.2) is 24.3 Å². The molecule has 0 aliphatic carbocycles. The molecule has 94 valence electrons. The number of hydrogen-bond acceptors (Lipinski definition) is 1. The standard InChI is InChI=1S/C16H20N2/c1-4-8-13-14-9-6-7-10-15(14)17-16(13)12-18(3)11-5-2/h2,6-7,9-10,17H,4,8,11-12H2,1,3H3. The molecule has 0 saturated heterocycles. The zero-order chi connectivity index (χ0) is 13.0. The molecule has 0 saturated carbocycles. The third-order valence-corrected chi connectivity index (χ3v) is 3.19. The lowest BCUT2D eigenvalue weighted by Gasteiger charge is -2.13. The van der Waals surface area contributed by atoms with Crippen molar-refractivity contribution in [2.75, 3.05) is 13.6 Å². The van der Waals surface area contributed by atoms with Crippen molar-refractivity contribution >= 4 is 10.9 Å². The highest BCUT2D eigenvalue weighted by Crippen LogP contribution is 2.24. The van der Waals surface area contributed by atoms with Crippen LogP contribution in [0.3, 0.4) is 0 Å². The highest BCUT2D eigenvalue weighted by molar-refractivity contribution is 5.84. The first kappa shape index (κ1) is 12.7. The van der Waals surface area contributed by atoms with Gasteiger partial charge >= 0.3 is 0 Å². The maximum absolute atomic E-state index is 5.35. The van der Waals surface area contributed by atoms with Crippen LogP contribution in [0.2, 0.25) is 0 Å². The summed E-state index contributed by atoms with van der Waals surface area (Å²) in [7, 11) is 2.06. The van der Waals surface area contributed by atoms with E-state index in [1.807, 2.05) is 0 Å². The molecular weight excluding hydrogens is 220 g/mol. The van der Waals surface area contributed by atoms with Gasteiger partial charge in [0, 0.05) is 23.1 Å². The lowest BCUT2D eigenvalue weighted by atomic mass is 10.1. The minimum absolute atomic E-state index is 0.681. The number of terminal acetylenes is 1. The van der Waals surface area contributed by atoms with Crippen molar-refractivity contribution in [2.45, 2.75) is 26.3 Å². The number of para-hydroxylation sites is 1. The van der Waals surface area contributed by atoms with E-state index in [0.717, 1.165) is 19.4 Å². The van der Waals surface area contributed by atoms with Gasteiger partial charge < -0.3 is 4.98 Å². The Morgan fingerprint density at radius 1 is 1.33 bits per heavy atom. The average molecular weight is 240 g/mol. The quantitative estimate of drug-likeness (QED) is 0.795. The van der Waals surface area contributed by atoms with Crippen molar-refractivity contribution in [1.82, 2.24) is 9.88 Å². The summed E-state index contributed by atoms with van der Waals surface area (Å²) in [5.41, 5.74) is 3.97. The van der Waals surface area contributed by atoms with Crippen molar-refractivity contribution in [3.05, 3.63) is 35.5 Å². The maximum Gasteiger partial charge on any atom is 0.0599 e. The highest BCUT2D eigenvalue weighted by atomic mass is 15.1. The lowest BCUT2D eigenvalue weighted by molar-refractivity contribution is 0.364. The second-order valence-corrected chi connectivity index (χ2v) is 4.75. The van der Waals surface area contributed by atoms with Gasteiger partial charge in [0.25, 0.3) is 0 Å². The van der Waals surface area contributed by atoms with E-state index in [0.29, 0.717) is 6.54 Å². The number of aryl methyl sites for hydroxylation is 1. The molecule has 1 aromatic carbocycles. The SMILES string of the molecule is C#CCN(C)Cc1[nH]c2ccccc2c1CCC. The summed E-state index contributed by atoms with van der Waals surface area (Å²) in [6, 6.07) is 8.51. The third-order valence-electron chi connectivity index (χ3n) is 3.19. The molecule has 0 unspecified atom stereocenters. The van der Waals surface area contributed by atoms with Gasteiger partial charge in [-0.25, -0.2) is 0 Å².